The topological polar surface area (TPSA) is 64.1 Å². The van der Waals surface area contributed by atoms with Crippen LogP contribution in [0.5, 0.6) is 6.01 Å². The highest BCUT2D eigenvalue weighted by atomic mass is 19.1. The number of carbonyl (C=O) groups excluding carboxylic acids is 1. The summed E-state index contributed by atoms with van der Waals surface area (Å²) in [4.78, 5) is 19.7. The highest BCUT2D eigenvalue weighted by Crippen LogP contribution is 2.26. The first kappa shape index (κ1) is 15.2. The molecule has 0 unspecified atom stereocenters. The second-order valence-corrected chi connectivity index (χ2v) is 6.27. The van der Waals surface area contributed by atoms with Gasteiger partial charge in [-0.3, -0.25) is 4.79 Å². The van der Waals surface area contributed by atoms with Crippen LogP contribution < -0.4 is 10.1 Å². The van der Waals surface area contributed by atoms with Crippen LogP contribution in [0.3, 0.4) is 0 Å². The van der Waals surface area contributed by atoms with Gasteiger partial charge in [0.15, 0.2) is 5.82 Å². The molecule has 0 spiro atoms. The zero-order chi connectivity index (χ0) is 15.4. The summed E-state index contributed by atoms with van der Waals surface area (Å²) in [7, 11) is 0. The predicted octanol–water partition coefficient (Wildman–Crippen LogP) is 2.61. The van der Waals surface area contributed by atoms with Gasteiger partial charge in [0.05, 0.1) is 12.4 Å². The van der Waals surface area contributed by atoms with Crippen molar-refractivity contribution in [3.05, 3.63) is 18.2 Å². The number of amides is 1. The molecule has 1 amide bonds. The van der Waals surface area contributed by atoms with Gasteiger partial charge in [0.25, 0.3) is 0 Å². The number of ether oxygens (including phenoxy) is 1. The molecule has 6 heteroatoms. The Morgan fingerprint density at radius 1 is 1.09 bits per heavy atom. The maximum Gasteiger partial charge on any atom is 0.316 e. The lowest BCUT2D eigenvalue weighted by Gasteiger charge is -2.29. The van der Waals surface area contributed by atoms with Crippen LogP contribution in [0.15, 0.2) is 12.4 Å². The van der Waals surface area contributed by atoms with Crippen LogP contribution in [0.2, 0.25) is 0 Å². The molecule has 0 radical (unpaired) electrons. The quantitative estimate of drug-likeness (QED) is 0.928. The standard InChI is InChI=1S/C16H22FN3O2/c17-12-9-18-16(19-10-12)22-14-7-5-13(6-8-14)20-15(21)11-3-1-2-4-11/h9-11,13-14H,1-8H2,(H,20,21). The zero-order valence-electron chi connectivity index (χ0n) is 12.6. The molecule has 2 aliphatic rings. The van der Waals surface area contributed by atoms with Crippen LogP contribution in [0.25, 0.3) is 0 Å². The Bertz CT molecular complexity index is 495. The van der Waals surface area contributed by atoms with Gasteiger partial charge in [-0.15, -0.1) is 0 Å². The molecule has 1 N–H and O–H groups in total. The summed E-state index contributed by atoms with van der Waals surface area (Å²) in [6.45, 7) is 0. The maximum atomic E-state index is 12.7. The summed E-state index contributed by atoms with van der Waals surface area (Å²) in [6.07, 6.45) is 10.2. The van der Waals surface area contributed by atoms with Gasteiger partial charge < -0.3 is 10.1 Å². The molecule has 120 valence electrons. The Morgan fingerprint density at radius 2 is 1.73 bits per heavy atom. The molecular formula is C16H22FN3O2. The molecule has 1 aromatic rings. The average Bonchev–Trinajstić information content (AvgIpc) is 3.06. The van der Waals surface area contributed by atoms with Crippen molar-refractivity contribution >= 4 is 5.91 Å². The normalized spacial score (nSPS) is 25.9. The summed E-state index contributed by atoms with van der Waals surface area (Å²) in [5.74, 6) is -0.0176. The fraction of sp³-hybridized carbons (Fsp3) is 0.688. The Morgan fingerprint density at radius 3 is 2.36 bits per heavy atom. The van der Waals surface area contributed by atoms with E-state index in [1.807, 2.05) is 0 Å². The van der Waals surface area contributed by atoms with Crippen molar-refractivity contribution in [2.75, 3.05) is 0 Å². The molecule has 5 nitrogen and oxygen atoms in total. The molecule has 2 saturated carbocycles. The molecule has 2 aliphatic carbocycles. The molecule has 2 fully saturated rings. The summed E-state index contributed by atoms with van der Waals surface area (Å²) >= 11 is 0. The second kappa shape index (κ2) is 7.03. The third-order valence-electron chi connectivity index (χ3n) is 4.62. The van der Waals surface area contributed by atoms with Gasteiger partial charge in [0.1, 0.15) is 6.10 Å². The lowest BCUT2D eigenvalue weighted by molar-refractivity contribution is -0.125. The summed E-state index contributed by atoms with van der Waals surface area (Å²) in [5.41, 5.74) is 0. The van der Waals surface area contributed by atoms with Crippen molar-refractivity contribution in [3.8, 4) is 6.01 Å². The van der Waals surface area contributed by atoms with Crippen LogP contribution >= 0.6 is 0 Å². The monoisotopic (exact) mass is 307 g/mol. The fourth-order valence-electron chi connectivity index (χ4n) is 3.34. The molecule has 0 saturated heterocycles. The van der Waals surface area contributed by atoms with Crippen LogP contribution in [-0.4, -0.2) is 28.0 Å². The van der Waals surface area contributed by atoms with Gasteiger partial charge in [0, 0.05) is 12.0 Å². The molecule has 22 heavy (non-hydrogen) atoms. The van der Waals surface area contributed by atoms with Crippen LogP contribution in [-0.2, 0) is 4.79 Å². The van der Waals surface area contributed by atoms with Gasteiger partial charge >= 0.3 is 6.01 Å². The van der Waals surface area contributed by atoms with E-state index in [1.54, 1.807) is 0 Å². The van der Waals surface area contributed by atoms with Crippen LogP contribution in [0.4, 0.5) is 4.39 Å². The molecular weight excluding hydrogens is 285 g/mol. The van der Waals surface area contributed by atoms with Crippen molar-refractivity contribution < 1.29 is 13.9 Å². The lowest BCUT2D eigenvalue weighted by Crippen LogP contribution is -2.42. The Hall–Kier alpha value is -1.72. The van der Waals surface area contributed by atoms with Crippen molar-refractivity contribution in [3.63, 3.8) is 0 Å². The number of rotatable bonds is 4. The Kier molecular flexibility index (Phi) is 4.85. The van der Waals surface area contributed by atoms with Gasteiger partial charge in [-0.05, 0) is 38.5 Å². The van der Waals surface area contributed by atoms with Crippen molar-refractivity contribution in [2.45, 2.75) is 63.5 Å². The number of halogens is 1. The second-order valence-electron chi connectivity index (χ2n) is 6.27. The number of hydrogen-bond acceptors (Lipinski definition) is 4. The third kappa shape index (κ3) is 3.93. The highest BCUT2D eigenvalue weighted by Gasteiger charge is 2.28. The highest BCUT2D eigenvalue weighted by molar-refractivity contribution is 5.79. The SMILES string of the molecule is O=C(NC1CCC(Oc2ncc(F)cn2)CC1)C1CCCC1. The first-order valence-corrected chi connectivity index (χ1v) is 8.15. The minimum Gasteiger partial charge on any atom is -0.460 e. The van der Waals surface area contributed by atoms with E-state index in [0.717, 1.165) is 50.9 Å². The Labute approximate surface area is 129 Å². The molecule has 0 atom stereocenters. The van der Waals surface area contributed by atoms with Crippen molar-refractivity contribution in [1.82, 2.24) is 15.3 Å². The third-order valence-corrected chi connectivity index (χ3v) is 4.62. The van der Waals surface area contributed by atoms with E-state index in [9.17, 15) is 9.18 Å². The molecule has 1 heterocycles. The van der Waals surface area contributed by atoms with E-state index in [4.69, 9.17) is 4.74 Å². The Balaban J connectivity index is 1.42. The largest absolute Gasteiger partial charge is 0.460 e. The summed E-state index contributed by atoms with van der Waals surface area (Å²) in [5, 5.41) is 3.18. The number of nitrogens with one attached hydrogen (secondary N) is 1. The van der Waals surface area contributed by atoms with Crippen LogP contribution in [0, 0.1) is 11.7 Å². The molecule has 0 aromatic carbocycles. The van der Waals surface area contributed by atoms with E-state index in [2.05, 4.69) is 15.3 Å². The predicted molar refractivity (Wildman–Crippen MR) is 78.8 cm³/mol. The van der Waals surface area contributed by atoms with Crippen molar-refractivity contribution in [2.24, 2.45) is 5.92 Å². The first-order valence-electron chi connectivity index (χ1n) is 8.15. The van der Waals surface area contributed by atoms with E-state index >= 15 is 0 Å². The van der Waals surface area contributed by atoms with E-state index in [1.165, 1.54) is 12.8 Å². The maximum absolute atomic E-state index is 12.7. The molecule has 3 rings (SSSR count). The molecule has 0 aliphatic heterocycles. The van der Waals surface area contributed by atoms with Gasteiger partial charge in [0.2, 0.25) is 5.91 Å². The fourth-order valence-corrected chi connectivity index (χ4v) is 3.34. The minimum absolute atomic E-state index is 0.0464. The van der Waals surface area contributed by atoms with Crippen LogP contribution in [0.1, 0.15) is 51.4 Å². The summed E-state index contributed by atoms with van der Waals surface area (Å²) < 4.78 is 18.4. The van der Waals surface area contributed by atoms with Gasteiger partial charge in [-0.1, -0.05) is 12.8 Å². The zero-order valence-corrected chi connectivity index (χ0v) is 12.6. The first-order chi connectivity index (χ1) is 10.7. The minimum atomic E-state index is -0.467. The van der Waals surface area contributed by atoms with Crippen molar-refractivity contribution in [1.29, 1.82) is 0 Å². The molecule has 1 aromatic heterocycles. The van der Waals surface area contributed by atoms with E-state index in [-0.39, 0.29) is 30.0 Å². The lowest BCUT2D eigenvalue weighted by atomic mass is 9.92. The number of nitrogens with zero attached hydrogens (tertiary/aromatic N) is 2. The molecule has 0 bridgehead atoms. The van der Waals surface area contributed by atoms with Gasteiger partial charge in [-0.2, -0.15) is 0 Å². The smallest absolute Gasteiger partial charge is 0.316 e. The number of hydrogen-bond donors (Lipinski definition) is 1. The average molecular weight is 307 g/mol. The van der Waals surface area contributed by atoms with E-state index in [0.29, 0.717) is 0 Å². The summed E-state index contributed by atoms with van der Waals surface area (Å²) in [6, 6.07) is 0.474. The van der Waals surface area contributed by atoms with E-state index < -0.39 is 5.82 Å². The number of aromatic nitrogens is 2. The van der Waals surface area contributed by atoms with Gasteiger partial charge in [-0.25, -0.2) is 14.4 Å². The number of carbonyl (C=O) groups is 1.